The highest BCUT2D eigenvalue weighted by atomic mass is 15.1. The quantitative estimate of drug-likeness (QED) is 0.566. The van der Waals surface area contributed by atoms with Crippen LogP contribution in [0, 0.1) is 0 Å². The lowest BCUT2D eigenvalue weighted by atomic mass is 10.2. The topological polar surface area (TPSA) is 17.0 Å². The fourth-order valence-electron chi connectivity index (χ4n) is 1.52. The van der Waals surface area contributed by atoms with Crippen LogP contribution in [0.4, 0.5) is 0 Å². The van der Waals surface area contributed by atoms with Crippen molar-refractivity contribution in [1.82, 2.24) is 9.88 Å². The Morgan fingerprint density at radius 1 is 1.70 bits per heavy atom. The van der Waals surface area contributed by atoms with Gasteiger partial charge in [0.2, 0.25) is 0 Å². The molecule has 0 amide bonds. The summed E-state index contributed by atoms with van der Waals surface area (Å²) >= 11 is 0. The Bertz CT molecular complexity index is 227. The third kappa shape index (κ3) is 0.762. The minimum atomic E-state index is 0.624. The molecule has 1 aromatic heterocycles. The molecule has 2 rings (SSSR count). The van der Waals surface area contributed by atoms with Crippen LogP contribution in [0.3, 0.4) is 0 Å². The van der Waals surface area contributed by atoms with Gasteiger partial charge in [0.25, 0.3) is 0 Å². The molecule has 0 aromatic carbocycles. The van der Waals surface area contributed by atoms with Crippen molar-refractivity contribution < 1.29 is 0 Å². The first-order chi connectivity index (χ1) is 4.88. The molecule has 1 atom stereocenters. The van der Waals surface area contributed by atoms with Gasteiger partial charge in [-0.2, -0.15) is 0 Å². The molecule has 2 nitrogen and oxygen atoms in total. The van der Waals surface area contributed by atoms with Crippen LogP contribution in [0.15, 0.2) is 18.3 Å². The molecule has 0 aliphatic carbocycles. The first-order valence-electron chi connectivity index (χ1n) is 3.74. The Labute approximate surface area is 60.9 Å². The van der Waals surface area contributed by atoms with Crippen LogP contribution < -0.4 is 5.32 Å². The minimum Gasteiger partial charge on any atom is -0.346 e. The lowest BCUT2D eigenvalue weighted by Gasteiger charge is -2.23. The van der Waals surface area contributed by atoms with E-state index in [4.69, 9.17) is 0 Å². The third-order valence-electron chi connectivity index (χ3n) is 2.09. The largest absolute Gasteiger partial charge is 0.346 e. The Hall–Kier alpha value is -0.760. The summed E-state index contributed by atoms with van der Waals surface area (Å²) in [6, 6.07) is 4.90. The smallest absolute Gasteiger partial charge is 0.0430 e. The van der Waals surface area contributed by atoms with Crippen molar-refractivity contribution in [2.45, 2.75) is 19.5 Å². The number of nitrogens with one attached hydrogen (secondary N) is 1. The van der Waals surface area contributed by atoms with Gasteiger partial charge in [0.05, 0.1) is 0 Å². The normalized spacial score (nSPS) is 24.3. The molecule has 0 radical (unpaired) electrons. The molecule has 0 bridgehead atoms. The van der Waals surface area contributed by atoms with Gasteiger partial charge in [0.1, 0.15) is 0 Å². The van der Waals surface area contributed by atoms with Crippen LogP contribution in [0.25, 0.3) is 0 Å². The number of hydrogen-bond donors (Lipinski definition) is 1. The number of fused-ring (bicyclic) bond motifs is 1. The third-order valence-corrected chi connectivity index (χ3v) is 2.09. The van der Waals surface area contributed by atoms with Crippen LogP contribution in [-0.4, -0.2) is 11.1 Å². The predicted molar refractivity (Wildman–Crippen MR) is 40.8 cm³/mol. The highest BCUT2D eigenvalue weighted by Gasteiger charge is 2.12. The summed E-state index contributed by atoms with van der Waals surface area (Å²) in [6.45, 7) is 4.36. The molecular weight excluding hydrogens is 124 g/mol. The number of aromatic nitrogens is 1. The van der Waals surface area contributed by atoms with E-state index in [9.17, 15) is 0 Å². The van der Waals surface area contributed by atoms with Gasteiger partial charge in [-0.15, -0.1) is 0 Å². The van der Waals surface area contributed by atoms with E-state index >= 15 is 0 Å². The molecule has 1 aromatic rings. The summed E-state index contributed by atoms with van der Waals surface area (Å²) in [6.07, 6.45) is 2.15. The maximum Gasteiger partial charge on any atom is 0.0430 e. The average Bonchev–Trinajstić information content (AvgIpc) is 2.36. The second-order valence-electron chi connectivity index (χ2n) is 2.89. The summed E-state index contributed by atoms with van der Waals surface area (Å²) in [4.78, 5) is 0. The zero-order chi connectivity index (χ0) is 6.97. The number of hydrogen-bond acceptors (Lipinski definition) is 1. The predicted octanol–water partition coefficient (Wildman–Crippen LogP) is 1.15. The summed E-state index contributed by atoms with van der Waals surface area (Å²) in [5.41, 5.74) is 1.40. The van der Waals surface area contributed by atoms with Crippen LogP contribution >= 0.6 is 0 Å². The van der Waals surface area contributed by atoms with E-state index in [0.717, 1.165) is 13.1 Å². The van der Waals surface area contributed by atoms with Gasteiger partial charge in [-0.25, -0.2) is 0 Å². The van der Waals surface area contributed by atoms with Crippen LogP contribution in [0.5, 0.6) is 0 Å². The van der Waals surface area contributed by atoms with Crippen molar-refractivity contribution in [3.05, 3.63) is 24.0 Å². The van der Waals surface area contributed by atoms with Crippen molar-refractivity contribution in [1.29, 1.82) is 0 Å². The Kier molecular flexibility index (Phi) is 1.27. The second kappa shape index (κ2) is 2.13. The van der Waals surface area contributed by atoms with Gasteiger partial charge in [-0.3, -0.25) is 0 Å². The van der Waals surface area contributed by atoms with Crippen molar-refractivity contribution in [3.63, 3.8) is 0 Å². The van der Waals surface area contributed by atoms with E-state index in [-0.39, 0.29) is 0 Å². The maximum atomic E-state index is 3.36. The summed E-state index contributed by atoms with van der Waals surface area (Å²) in [5.74, 6) is 0. The van der Waals surface area contributed by atoms with E-state index in [2.05, 4.69) is 35.1 Å². The Morgan fingerprint density at radius 3 is 3.40 bits per heavy atom. The molecule has 1 aliphatic rings. The van der Waals surface area contributed by atoms with Crippen LogP contribution in [0.1, 0.15) is 18.7 Å². The van der Waals surface area contributed by atoms with Gasteiger partial charge in [-0.1, -0.05) is 0 Å². The number of rotatable bonds is 0. The molecule has 1 aliphatic heterocycles. The van der Waals surface area contributed by atoms with Gasteiger partial charge in [0, 0.05) is 31.0 Å². The van der Waals surface area contributed by atoms with Crippen molar-refractivity contribution in [2.24, 2.45) is 0 Å². The molecule has 0 fully saturated rings. The van der Waals surface area contributed by atoms with E-state index in [1.54, 1.807) is 0 Å². The standard InChI is InChI=1S/C8H12N2/c1-7-5-9-6-8-3-2-4-10(7)8/h2-4,7,9H,5-6H2,1H3/t7-/m1/s1. The maximum absolute atomic E-state index is 3.36. The average molecular weight is 136 g/mol. The second-order valence-corrected chi connectivity index (χ2v) is 2.89. The summed E-state index contributed by atoms with van der Waals surface area (Å²) in [7, 11) is 0. The lowest BCUT2D eigenvalue weighted by Crippen LogP contribution is -2.30. The van der Waals surface area contributed by atoms with E-state index in [1.165, 1.54) is 5.69 Å². The summed E-state index contributed by atoms with van der Waals surface area (Å²) < 4.78 is 2.33. The molecule has 0 saturated heterocycles. The van der Waals surface area contributed by atoms with Gasteiger partial charge >= 0.3 is 0 Å². The van der Waals surface area contributed by atoms with Crippen LogP contribution in [0.2, 0.25) is 0 Å². The van der Waals surface area contributed by atoms with E-state index in [0.29, 0.717) is 6.04 Å². The molecule has 2 heteroatoms. The SMILES string of the molecule is C[C@@H]1CNCc2cccn21. The molecule has 0 saturated carbocycles. The monoisotopic (exact) mass is 136 g/mol. The van der Waals surface area contributed by atoms with Gasteiger partial charge in [0.15, 0.2) is 0 Å². The van der Waals surface area contributed by atoms with Crippen LogP contribution in [-0.2, 0) is 6.54 Å². The molecule has 1 N–H and O–H groups in total. The van der Waals surface area contributed by atoms with Gasteiger partial charge < -0.3 is 9.88 Å². The van der Waals surface area contributed by atoms with E-state index in [1.807, 2.05) is 0 Å². The van der Waals surface area contributed by atoms with Crippen molar-refractivity contribution >= 4 is 0 Å². The lowest BCUT2D eigenvalue weighted by molar-refractivity contribution is 0.429. The highest BCUT2D eigenvalue weighted by molar-refractivity contribution is 5.10. The zero-order valence-corrected chi connectivity index (χ0v) is 6.17. The molecule has 54 valence electrons. The first-order valence-corrected chi connectivity index (χ1v) is 3.74. The molecule has 2 heterocycles. The first kappa shape index (κ1) is 5.98. The molecular formula is C8H12N2. The summed E-state index contributed by atoms with van der Waals surface area (Å²) in [5, 5.41) is 3.36. The number of nitrogens with zero attached hydrogens (tertiary/aromatic N) is 1. The molecule has 0 spiro atoms. The fraction of sp³-hybridized carbons (Fsp3) is 0.500. The van der Waals surface area contributed by atoms with Crippen molar-refractivity contribution in [3.8, 4) is 0 Å². The highest BCUT2D eigenvalue weighted by Crippen LogP contribution is 2.14. The Balaban J connectivity index is 2.41. The minimum absolute atomic E-state index is 0.624. The molecule has 10 heavy (non-hydrogen) atoms. The molecule has 0 unspecified atom stereocenters. The van der Waals surface area contributed by atoms with Gasteiger partial charge in [-0.05, 0) is 19.1 Å². The fourth-order valence-corrected chi connectivity index (χ4v) is 1.52. The van der Waals surface area contributed by atoms with Crippen molar-refractivity contribution in [2.75, 3.05) is 6.54 Å². The van der Waals surface area contributed by atoms with E-state index < -0.39 is 0 Å². The Morgan fingerprint density at radius 2 is 2.60 bits per heavy atom. The zero-order valence-electron chi connectivity index (χ0n) is 6.17.